The molecule has 0 saturated heterocycles. The molecule has 19 heavy (non-hydrogen) atoms. The zero-order valence-corrected chi connectivity index (χ0v) is 13.0. The summed E-state index contributed by atoms with van der Waals surface area (Å²) in [6.07, 6.45) is 1.20. The summed E-state index contributed by atoms with van der Waals surface area (Å²) in [5.41, 5.74) is 1.34. The SMILES string of the molecule is CC(C)n1c(CS(C)(=O)=O)c2n(c1=O)CCNC2.Cl. The van der Waals surface area contributed by atoms with Crippen molar-refractivity contribution in [3.63, 3.8) is 0 Å². The maximum atomic E-state index is 12.3. The smallest absolute Gasteiger partial charge is 0.309 e. The van der Waals surface area contributed by atoms with Crippen LogP contribution in [0.1, 0.15) is 31.3 Å². The third-order valence-corrected chi connectivity index (χ3v) is 3.90. The van der Waals surface area contributed by atoms with Crippen LogP contribution >= 0.6 is 12.4 Å². The van der Waals surface area contributed by atoms with Crippen LogP contribution in [0.3, 0.4) is 0 Å². The molecule has 0 unspecified atom stereocenters. The third kappa shape index (κ3) is 3.21. The highest BCUT2D eigenvalue weighted by Gasteiger charge is 2.25. The van der Waals surface area contributed by atoms with Crippen molar-refractivity contribution in [2.45, 2.75) is 38.7 Å². The summed E-state index contributed by atoms with van der Waals surface area (Å²) in [6.45, 7) is 5.69. The van der Waals surface area contributed by atoms with Crippen LogP contribution < -0.4 is 11.0 Å². The molecular weight excluding hydrogens is 290 g/mol. The molecule has 1 N–H and O–H groups in total. The van der Waals surface area contributed by atoms with Gasteiger partial charge in [0.2, 0.25) is 0 Å². The molecule has 0 bridgehead atoms. The summed E-state index contributed by atoms with van der Waals surface area (Å²) >= 11 is 0. The number of hydrogen-bond acceptors (Lipinski definition) is 4. The van der Waals surface area contributed by atoms with E-state index in [-0.39, 0.29) is 29.9 Å². The van der Waals surface area contributed by atoms with E-state index in [4.69, 9.17) is 0 Å². The Morgan fingerprint density at radius 2 is 2.00 bits per heavy atom. The van der Waals surface area contributed by atoms with Crippen LogP contribution in [0, 0.1) is 0 Å². The molecule has 6 nitrogen and oxygen atoms in total. The first-order valence-corrected chi connectivity index (χ1v) is 8.08. The zero-order valence-electron chi connectivity index (χ0n) is 11.3. The largest absolute Gasteiger partial charge is 0.328 e. The molecule has 2 rings (SSSR count). The number of nitrogens with one attached hydrogen (secondary N) is 1. The molecule has 0 spiro atoms. The Kier molecular flexibility index (Phi) is 4.86. The second-order valence-corrected chi connectivity index (χ2v) is 7.18. The fourth-order valence-corrected chi connectivity index (χ4v) is 3.22. The Bertz CT molecular complexity index is 616. The highest BCUT2D eigenvalue weighted by atomic mass is 35.5. The summed E-state index contributed by atoms with van der Waals surface area (Å²) in [4.78, 5) is 12.3. The minimum Gasteiger partial charge on any atom is -0.309 e. The lowest BCUT2D eigenvalue weighted by Gasteiger charge is -2.16. The molecule has 8 heteroatoms. The van der Waals surface area contributed by atoms with E-state index >= 15 is 0 Å². The van der Waals surface area contributed by atoms with Crippen molar-refractivity contribution in [3.05, 3.63) is 21.9 Å². The Balaban J connectivity index is 0.00000180. The lowest BCUT2D eigenvalue weighted by molar-refractivity contribution is 0.493. The van der Waals surface area contributed by atoms with Crippen LogP contribution in [-0.4, -0.2) is 30.4 Å². The minimum absolute atomic E-state index is 0. The van der Waals surface area contributed by atoms with Gasteiger partial charge in [-0.2, -0.15) is 0 Å². The topological polar surface area (TPSA) is 73.1 Å². The number of nitrogens with zero attached hydrogens (tertiary/aromatic N) is 2. The Morgan fingerprint density at radius 1 is 1.37 bits per heavy atom. The van der Waals surface area contributed by atoms with E-state index in [1.807, 2.05) is 13.8 Å². The van der Waals surface area contributed by atoms with Crippen LogP contribution in [0.2, 0.25) is 0 Å². The van der Waals surface area contributed by atoms with Crippen molar-refractivity contribution in [2.75, 3.05) is 12.8 Å². The summed E-state index contributed by atoms with van der Waals surface area (Å²) < 4.78 is 26.3. The Morgan fingerprint density at radius 3 is 2.53 bits per heavy atom. The molecule has 0 atom stereocenters. The first-order valence-electron chi connectivity index (χ1n) is 6.02. The molecule has 0 aliphatic carbocycles. The van der Waals surface area contributed by atoms with E-state index < -0.39 is 9.84 Å². The van der Waals surface area contributed by atoms with Crippen molar-refractivity contribution in [1.29, 1.82) is 0 Å². The fraction of sp³-hybridized carbons (Fsp3) is 0.727. The van der Waals surface area contributed by atoms with Crippen molar-refractivity contribution < 1.29 is 8.42 Å². The quantitative estimate of drug-likeness (QED) is 0.871. The van der Waals surface area contributed by atoms with Crippen LogP contribution in [0.15, 0.2) is 4.79 Å². The van der Waals surface area contributed by atoms with Gasteiger partial charge in [0, 0.05) is 31.9 Å². The van der Waals surface area contributed by atoms with Crippen LogP contribution in [0.5, 0.6) is 0 Å². The molecule has 0 fully saturated rings. The molecule has 0 saturated carbocycles. The molecule has 1 aromatic rings. The lowest BCUT2D eigenvalue weighted by Crippen LogP contribution is -2.34. The second kappa shape index (κ2) is 5.68. The van der Waals surface area contributed by atoms with E-state index in [1.54, 1.807) is 9.13 Å². The number of fused-ring (bicyclic) bond motifs is 1. The minimum atomic E-state index is -3.15. The first-order chi connectivity index (χ1) is 8.31. The van der Waals surface area contributed by atoms with Gasteiger partial charge in [-0.15, -0.1) is 12.4 Å². The fourth-order valence-electron chi connectivity index (χ4n) is 2.42. The van der Waals surface area contributed by atoms with Gasteiger partial charge >= 0.3 is 5.69 Å². The average molecular weight is 310 g/mol. The number of rotatable bonds is 3. The highest BCUT2D eigenvalue weighted by Crippen LogP contribution is 2.17. The predicted octanol–water partition coefficient (Wildman–Crippen LogP) is 0.300. The molecule has 1 aliphatic heterocycles. The van der Waals surface area contributed by atoms with Gasteiger partial charge in [-0.25, -0.2) is 13.2 Å². The van der Waals surface area contributed by atoms with Crippen LogP contribution in [0.4, 0.5) is 0 Å². The molecule has 1 aromatic heterocycles. The van der Waals surface area contributed by atoms with Crippen molar-refractivity contribution in [1.82, 2.24) is 14.5 Å². The van der Waals surface area contributed by atoms with E-state index in [0.29, 0.717) is 18.8 Å². The van der Waals surface area contributed by atoms with Crippen molar-refractivity contribution in [3.8, 4) is 0 Å². The summed E-state index contributed by atoms with van der Waals surface area (Å²) in [5.74, 6) is -0.0789. The average Bonchev–Trinajstić information content (AvgIpc) is 2.51. The van der Waals surface area contributed by atoms with Crippen molar-refractivity contribution in [2.24, 2.45) is 0 Å². The number of aromatic nitrogens is 2. The van der Waals surface area contributed by atoms with Gasteiger partial charge in [0.1, 0.15) is 0 Å². The molecule has 1 aliphatic rings. The first kappa shape index (κ1) is 16.3. The second-order valence-electron chi connectivity index (χ2n) is 5.04. The molecule has 0 amide bonds. The summed E-state index contributed by atoms with van der Waals surface area (Å²) in [7, 11) is -3.15. The standard InChI is InChI=1S/C11H19N3O3S.ClH/c1-8(2)14-10(7-18(3,16)17)9-6-12-4-5-13(9)11(14)15;/h8,12H,4-7H2,1-3H3;1H. The van der Waals surface area contributed by atoms with Gasteiger partial charge in [-0.3, -0.25) is 9.13 Å². The van der Waals surface area contributed by atoms with Gasteiger partial charge in [0.05, 0.1) is 17.1 Å². The summed E-state index contributed by atoms with van der Waals surface area (Å²) in [6, 6.07) is -0.0349. The number of hydrogen-bond donors (Lipinski definition) is 1. The maximum Gasteiger partial charge on any atom is 0.328 e. The summed E-state index contributed by atoms with van der Waals surface area (Å²) in [5, 5.41) is 3.18. The number of imidazole rings is 1. The van der Waals surface area contributed by atoms with E-state index in [0.717, 1.165) is 12.2 Å². The van der Waals surface area contributed by atoms with Crippen LogP contribution in [0.25, 0.3) is 0 Å². The van der Waals surface area contributed by atoms with Gasteiger partial charge in [-0.05, 0) is 13.8 Å². The third-order valence-electron chi connectivity index (χ3n) is 3.11. The zero-order chi connectivity index (χ0) is 13.5. The predicted molar refractivity (Wildman–Crippen MR) is 76.6 cm³/mol. The molecule has 0 radical (unpaired) electrons. The van der Waals surface area contributed by atoms with E-state index in [1.165, 1.54) is 6.26 Å². The van der Waals surface area contributed by atoms with Gasteiger partial charge in [0.25, 0.3) is 0 Å². The number of halogens is 1. The molecule has 0 aromatic carbocycles. The monoisotopic (exact) mass is 309 g/mol. The number of sulfone groups is 1. The van der Waals surface area contributed by atoms with Crippen LogP contribution in [-0.2, 0) is 28.7 Å². The maximum absolute atomic E-state index is 12.3. The molecule has 110 valence electrons. The van der Waals surface area contributed by atoms with Crippen molar-refractivity contribution >= 4 is 22.2 Å². The lowest BCUT2D eigenvalue weighted by atomic mass is 10.2. The van der Waals surface area contributed by atoms with Gasteiger partial charge in [0.15, 0.2) is 9.84 Å². The highest BCUT2D eigenvalue weighted by molar-refractivity contribution is 7.89. The Labute approximate surface area is 119 Å². The Hall–Kier alpha value is -0.790. The van der Waals surface area contributed by atoms with Gasteiger partial charge < -0.3 is 5.32 Å². The van der Waals surface area contributed by atoms with Gasteiger partial charge in [-0.1, -0.05) is 0 Å². The van der Waals surface area contributed by atoms with E-state index in [9.17, 15) is 13.2 Å². The molecule has 2 heterocycles. The molecular formula is C11H20ClN3O3S. The van der Waals surface area contributed by atoms with E-state index in [2.05, 4.69) is 5.32 Å². The normalized spacial score (nSPS) is 15.2.